The largest absolute Gasteiger partial charge is 0.379 e. The van der Waals surface area contributed by atoms with Gasteiger partial charge in [-0.15, -0.1) is 41.7 Å². The Morgan fingerprint density at radius 1 is 1.29 bits per heavy atom. The highest BCUT2D eigenvalue weighted by molar-refractivity contribution is 14.0. The van der Waals surface area contributed by atoms with Gasteiger partial charge in [0.05, 0.1) is 25.8 Å². The number of rotatable bonds is 7. The van der Waals surface area contributed by atoms with E-state index >= 15 is 0 Å². The Kier molecular flexibility index (Phi) is 10.8. The number of aliphatic imine (C=N–C) groups is 1. The van der Waals surface area contributed by atoms with E-state index in [2.05, 4.69) is 49.3 Å². The van der Waals surface area contributed by atoms with Crippen LogP contribution in [0.1, 0.15) is 16.5 Å². The maximum atomic E-state index is 12.3. The number of terminal acetylenes is 1. The van der Waals surface area contributed by atoms with Crippen LogP contribution in [0.2, 0.25) is 0 Å². The van der Waals surface area contributed by atoms with Crippen molar-refractivity contribution in [1.82, 2.24) is 15.5 Å². The molecule has 1 aliphatic rings. The molecule has 3 rings (SSSR count). The normalized spacial score (nSPS) is 15.3. The number of carbonyl (C=O) groups is 1. The first-order valence-corrected chi connectivity index (χ1v) is 10.7. The fourth-order valence-corrected chi connectivity index (χ4v) is 4.11. The number of thiophene rings is 1. The summed E-state index contributed by atoms with van der Waals surface area (Å²) in [6.07, 6.45) is 5.40. The van der Waals surface area contributed by atoms with Gasteiger partial charge in [0.15, 0.2) is 5.96 Å². The second-order valence-electron chi connectivity index (χ2n) is 6.76. The van der Waals surface area contributed by atoms with Gasteiger partial charge in [-0.1, -0.05) is 18.1 Å². The van der Waals surface area contributed by atoms with Crippen LogP contribution in [0.3, 0.4) is 0 Å². The smallest absolute Gasteiger partial charge is 0.243 e. The molecule has 166 valence electrons. The van der Waals surface area contributed by atoms with Crippen LogP contribution in [0.5, 0.6) is 0 Å². The Labute approximate surface area is 204 Å². The van der Waals surface area contributed by atoms with Crippen LogP contribution in [-0.2, 0) is 9.53 Å². The Bertz CT molecular complexity index is 892. The van der Waals surface area contributed by atoms with Gasteiger partial charge in [-0.25, -0.2) is 0 Å². The van der Waals surface area contributed by atoms with Crippen molar-refractivity contribution in [2.75, 3.05) is 51.8 Å². The van der Waals surface area contributed by atoms with Gasteiger partial charge in [-0.3, -0.25) is 14.7 Å². The van der Waals surface area contributed by atoms with Gasteiger partial charge >= 0.3 is 0 Å². The first-order valence-electron chi connectivity index (χ1n) is 9.86. The molecule has 1 atom stereocenters. The van der Waals surface area contributed by atoms with Gasteiger partial charge in [-0.2, -0.15) is 0 Å². The van der Waals surface area contributed by atoms with Crippen LogP contribution in [0.4, 0.5) is 5.69 Å². The predicted molar refractivity (Wildman–Crippen MR) is 137 cm³/mol. The number of benzene rings is 1. The molecule has 9 heteroatoms. The van der Waals surface area contributed by atoms with Crippen molar-refractivity contribution < 1.29 is 9.53 Å². The summed E-state index contributed by atoms with van der Waals surface area (Å²) < 4.78 is 5.49. The Morgan fingerprint density at radius 3 is 2.77 bits per heavy atom. The topological polar surface area (TPSA) is 78.0 Å². The molecule has 0 bridgehead atoms. The number of anilines is 1. The SMILES string of the molecule is C#Cc1cccc(NC(=O)CNC(=NC)NCC(c2cccs2)N2CCOCC2)c1.I. The Morgan fingerprint density at radius 2 is 2.10 bits per heavy atom. The number of halogens is 1. The zero-order valence-electron chi connectivity index (χ0n) is 17.5. The number of guanidine groups is 1. The van der Waals surface area contributed by atoms with E-state index in [4.69, 9.17) is 11.2 Å². The van der Waals surface area contributed by atoms with Crippen LogP contribution in [0.15, 0.2) is 46.8 Å². The first kappa shape index (κ1) is 25.1. The van der Waals surface area contributed by atoms with Gasteiger partial charge in [0.25, 0.3) is 0 Å². The quantitative estimate of drug-likeness (QED) is 0.213. The molecule has 31 heavy (non-hydrogen) atoms. The average molecular weight is 553 g/mol. The lowest BCUT2D eigenvalue weighted by Gasteiger charge is -2.34. The van der Waals surface area contributed by atoms with Crippen molar-refractivity contribution in [3.05, 3.63) is 52.2 Å². The van der Waals surface area contributed by atoms with Gasteiger partial charge in [0, 0.05) is 42.8 Å². The molecule has 1 aromatic heterocycles. The summed E-state index contributed by atoms with van der Waals surface area (Å²) in [4.78, 5) is 20.2. The second-order valence-corrected chi connectivity index (χ2v) is 7.74. The van der Waals surface area contributed by atoms with E-state index in [0.29, 0.717) is 18.2 Å². The molecule has 0 saturated carbocycles. The molecular formula is C22H28IN5O2S. The van der Waals surface area contributed by atoms with Gasteiger partial charge in [-0.05, 0) is 29.6 Å². The third kappa shape index (κ3) is 7.81. The predicted octanol–water partition coefficient (Wildman–Crippen LogP) is 2.52. The molecule has 0 radical (unpaired) electrons. The summed E-state index contributed by atoms with van der Waals surface area (Å²) in [7, 11) is 1.69. The minimum Gasteiger partial charge on any atom is -0.379 e. The third-order valence-electron chi connectivity index (χ3n) is 4.77. The molecular weight excluding hydrogens is 525 g/mol. The lowest BCUT2D eigenvalue weighted by atomic mass is 10.2. The molecule has 0 spiro atoms. The number of ether oxygens (including phenoxy) is 1. The first-order chi connectivity index (χ1) is 14.7. The molecule has 2 aromatic rings. The number of hydrogen-bond acceptors (Lipinski definition) is 5. The van der Waals surface area contributed by atoms with Crippen molar-refractivity contribution >= 4 is 52.9 Å². The average Bonchev–Trinajstić information content (AvgIpc) is 3.31. The van der Waals surface area contributed by atoms with Crippen molar-refractivity contribution in [2.45, 2.75) is 6.04 Å². The van der Waals surface area contributed by atoms with E-state index < -0.39 is 0 Å². The fraction of sp³-hybridized carbons (Fsp3) is 0.364. The summed E-state index contributed by atoms with van der Waals surface area (Å²) in [6, 6.07) is 11.7. The summed E-state index contributed by atoms with van der Waals surface area (Å²) in [5, 5.41) is 11.3. The standard InChI is InChI=1S/C22H27N5O2S.HI/c1-3-17-6-4-7-18(14-17)26-21(28)16-25-22(23-2)24-15-19(20-8-5-13-30-20)27-9-11-29-12-10-27;/h1,4-8,13-14,19H,9-12,15-16H2,2H3,(H,26,28)(H2,23,24,25);1H. The monoisotopic (exact) mass is 553 g/mol. The molecule has 7 nitrogen and oxygen atoms in total. The zero-order valence-corrected chi connectivity index (χ0v) is 20.6. The fourth-order valence-electron chi connectivity index (χ4n) is 3.25. The molecule has 1 aliphatic heterocycles. The number of nitrogens with zero attached hydrogens (tertiary/aromatic N) is 2. The van der Waals surface area contributed by atoms with Gasteiger partial charge in [0.1, 0.15) is 0 Å². The van der Waals surface area contributed by atoms with E-state index in [1.165, 1.54) is 4.88 Å². The minimum atomic E-state index is -0.171. The molecule has 1 unspecified atom stereocenters. The number of nitrogens with one attached hydrogen (secondary N) is 3. The van der Waals surface area contributed by atoms with Crippen LogP contribution < -0.4 is 16.0 Å². The van der Waals surface area contributed by atoms with E-state index in [1.54, 1.807) is 30.5 Å². The summed E-state index contributed by atoms with van der Waals surface area (Å²) in [6.45, 7) is 4.07. The number of carbonyl (C=O) groups excluding carboxylic acids is 1. The van der Waals surface area contributed by atoms with Gasteiger partial charge < -0.3 is 20.7 Å². The van der Waals surface area contributed by atoms with Crippen LogP contribution in [-0.4, -0.2) is 63.2 Å². The number of hydrogen-bond donors (Lipinski definition) is 3. The van der Waals surface area contributed by atoms with Crippen molar-refractivity contribution in [3.8, 4) is 12.3 Å². The van der Waals surface area contributed by atoms with E-state index in [9.17, 15) is 4.79 Å². The summed E-state index contributed by atoms with van der Waals surface area (Å²) in [5.41, 5.74) is 1.39. The van der Waals surface area contributed by atoms with E-state index in [-0.39, 0.29) is 42.5 Å². The lowest BCUT2D eigenvalue weighted by Crippen LogP contribution is -2.47. The van der Waals surface area contributed by atoms with Crippen LogP contribution in [0.25, 0.3) is 0 Å². The maximum absolute atomic E-state index is 12.3. The zero-order chi connectivity index (χ0) is 21.2. The highest BCUT2D eigenvalue weighted by Crippen LogP contribution is 2.25. The number of amides is 1. The highest BCUT2D eigenvalue weighted by atomic mass is 127. The summed E-state index contributed by atoms with van der Waals surface area (Å²) in [5.74, 6) is 2.97. The Hall–Kier alpha value is -2.13. The minimum absolute atomic E-state index is 0. The van der Waals surface area contributed by atoms with Crippen LogP contribution >= 0.6 is 35.3 Å². The lowest BCUT2D eigenvalue weighted by molar-refractivity contribution is -0.115. The molecule has 3 N–H and O–H groups in total. The van der Waals surface area contributed by atoms with E-state index in [1.807, 2.05) is 12.1 Å². The number of morpholine rings is 1. The van der Waals surface area contributed by atoms with Crippen molar-refractivity contribution in [2.24, 2.45) is 4.99 Å². The Balaban J connectivity index is 0.00000341. The summed E-state index contributed by atoms with van der Waals surface area (Å²) >= 11 is 1.75. The molecule has 1 saturated heterocycles. The third-order valence-corrected chi connectivity index (χ3v) is 5.75. The van der Waals surface area contributed by atoms with E-state index in [0.717, 1.165) is 31.9 Å². The molecule has 0 aliphatic carbocycles. The van der Waals surface area contributed by atoms with Crippen molar-refractivity contribution in [3.63, 3.8) is 0 Å². The molecule has 1 aromatic carbocycles. The van der Waals surface area contributed by atoms with Crippen LogP contribution in [0, 0.1) is 12.3 Å². The maximum Gasteiger partial charge on any atom is 0.243 e. The second kappa shape index (κ2) is 13.3. The highest BCUT2D eigenvalue weighted by Gasteiger charge is 2.23. The van der Waals surface area contributed by atoms with Crippen molar-refractivity contribution in [1.29, 1.82) is 0 Å². The molecule has 1 fully saturated rings. The molecule has 2 heterocycles. The molecule has 1 amide bonds. The van der Waals surface area contributed by atoms with Gasteiger partial charge in [0.2, 0.25) is 5.91 Å².